The van der Waals surface area contributed by atoms with Crippen LogP contribution in [0.4, 0.5) is 4.39 Å². The highest BCUT2D eigenvalue weighted by molar-refractivity contribution is 6.31. The Labute approximate surface area is 123 Å². The highest BCUT2D eigenvalue weighted by Gasteiger charge is 2.12. The number of benzene rings is 1. The summed E-state index contributed by atoms with van der Waals surface area (Å²) in [5, 5.41) is 4.83. The van der Waals surface area contributed by atoms with Gasteiger partial charge in [0.25, 0.3) is 0 Å². The van der Waals surface area contributed by atoms with E-state index in [4.69, 9.17) is 17.3 Å². The first kappa shape index (κ1) is 15.0. The molecule has 0 bridgehead atoms. The maximum atomic E-state index is 13.0. The molecular weight excluding hydrogens is 277 g/mol. The Hall–Kier alpha value is -1.39. The maximum absolute atomic E-state index is 13.0. The summed E-state index contributed by atoms with van der Waals surface area (Å²) in [5.74, 6) is -0.327. The fraction of sp³-hybridized carbons (Fsp3) is 0.400. The van der Waals surface area contributed by atoms with E-state index in [1.165, 1.54) is 12.1 Å². The van der Waals surface area contributed by atoms with E-state index in [1.54, 1.807) is 6.07 Å². The molecule has 1 aromatic carbocycles. The number of halogens is 2. The van der Waals surface area contributed by atoms with Gasteiger partial charge in [-0.05, 0) is 36.6 Å². The van der Waals surface area contributed by atoms with Crippen LogP contribution >= 0.6 is 11.6 Å². The highest BCUT2D eigenvalue weighted by atomic mass is 35.5. The van der Waals surface area contributed by atoms with Gasteiger partial charge in [-0.2, -0.15) is 5.10 Å². The van der Waals surface area contributed by atoms with Crippen LogP contribution in [0.15, 0.2) is 24.3 Å². The Morgan fingerprint density at radius 1 is 1.35 bits per heavy atom. The minimum atomic E-state index is -0.327. The van der Waals surface area contributed by atoms with E-state index in [-0.39, 0.29) is 11.9 Å². The molecule has 0 aliphatic carbocycles. The van der Waals surface area contributed by atoms with Crippen LogP contribution in [-0.4, -0.2) is 15.8 Å². The molecule has 1 aromatic heterocycles. The molecule has 20 heavy (non-hydrogen) atoms. The molecule has 108 valence electrons. The first-order valence-corrected chi connectivity index (χ1v) is 7.08. The third kappa shape index (κ3) is 3.58. The van der Waals surface area contributed by atoms with Gasteiger partial charge < -0.3 is 5.73 Å². The lowest BCUT2D eigenvalue weighted by Crippen LogP contribution is -2.26. The summed E-state index contributed by atoms with van der Waals surface area (Å²) in [7, 11) is 1.92. The number of aromatic nitrogens is 2. The van der Waals surface area contributed by atoms with E-state index in [0.29, 0.717) is 11.4 Å². The molecule has 0 aliphatic rings. The molecular formula is C15H19ClFN3. The first-order chi connectivity index (χ1) is 9.49. The first-order valence-electron chi connectivity index (χ1n) is 6.71. The van der Waals surface area contributed by atoms with Crippen LogP contribution in [0.3, 0.4) is 0 Å². The second kappa shape index (κ2) is 6.37. The molecule has 2 rings (SSSR count). The summed E-state index contributed by atoms with van der Waals surface area (Å²) in [6, 6.07) is 6.43. The van der Waals surface area contributed by atoms with Crippen molar-refractivity contribution in [2.45, 2.75) is 32.2 Å². The van der Waals surface area contributed by atoms with E-state index in [9.17, 15) is 4.39 Å². The molecule has 1 unspecified atom stereocenters. The number of nitrogens with zero attached hydrogens (tertiary/aromatic N) is 2. The van der Waals surface area contributed by atoms with Gasteiger partial charge in [0.2, 0.25) is 0 Å². The zero-order valence-electron chi connectivity index (χ0n) is 11.7. The summed E-state index contributed by atoms with van der Waals surface area (Å²) < 4.78 is 14.9. The maximum Gasteiger partial charge on any atom is 0.124 e. The minimum absolute atomic E-state index is 0.0712. The third-order valence-corrected chi connectivity index (χ3v) is 3.71. The van der Waals surface area contributed by atoms with Crippen LogP contribution in [0, 0.1) is 5.82 Å². The van der Waals surface area contributed by atoms with Gasteiger partial charge in [-0.3, -0.25) is 4.68 Å². The van der Waals surface area contributed by atoms with Crippen molar-refractivity contribution in [1.29, 1.82) is 0 Å². The van der Waals surface area contributed by atoms with Gasteiger partial charge in [0, 0.05) is 30.2 Å². The average Bonchev–Trinajstić information content (AvgIpc) is 2.74. The van der Waals surface area contributed by atoms with E-state index in [0.717, 1.165) is 29.8 Å². The molecule has 2 aromatic rings. The smallest absolute Gasteiger partial charge is 0.124 e. The molecule has 0 amide bonds. The fourth-order valence-electron chi connectivity index (χ4n) is 2.25. The van der Waals surface area contributed by atoms with E-state index >= 15 is 0 Å². The van der Waals surface area contributed by atoms with Gasteiger partial charge >= 0.3 is 0 Å². The molecule has 1 atom stereocenters. The van der Waals surface area contributed by atoms with Crippen molar-refractivity contribution in [1.82, 2.24) is 9.78 Å². The number of rotatable bonds is 5. The summed E-state index contributed by atoms with van der Waals surface area (Å²) >= 11 is 6.02. The van der Waals surface area contributed by atoms with E-state index in [2.05, 4.69) is 18.1 Å². The summed E-state index contributed by atoms with van der Waals surface area (Å²) in [5.41, 5.74) is 9.21. The lowest BCUT2D eigenvalue weighted by molar-refractivity contribution is 0.607. The van der Waals surface area contributed by atoms with Crippen LogP contribution in [-0.2, 0) is 26.3 Å². The summed E-state index contributed by atoms with van der Waals surface area (Å²) in [6.45, 7) is 2.07. The van der Waals surface area contributed by atoms with Crippen molar-refractivity contribution in [3.05, 3.63) is 52.1 Å². The molecule has 3 nitrogen and oxygen atoms in total. The van der Waals surface area contributed by atoms with Crippen LogP contribution in [0.2, 0.25) is 5.02 Å². The monoisotopic (exact) mass is 295 g/mol. The van der Waals surface area contributed by atoms with E-state index < -0.39 is 0 Å². The normalized spacial score (nSPS) is 12.7. The molecule has 0 saturated heterocycles. The SMILES string of the molecule is CCc1cc(CC(N)Cc2ccc(F)cc2Cl)n(C)n1. The highest BCUT2D eigenvalue weighted by Crippen LogP contribution is 2.19. The third-order valence-electron chi connectivity index (χ3n) is 3.36. The van der Waals surface area contributed by atoms with Crippen LogP contribution in [0.5, 0.6) is 0 Å². The van der Waals surface area contributed by atoms with Gasteiger partial charge in [-0.25, -0.2) is 4.39 Å². The molecule has 0 saturated carbocycles. The predicted molar refractivity (Wildman–Crippen MR) is 79.4 cm³/mol. The molecule has 0 aliphatic heterocycles. The Morgan fingerprint density at radius 2 is 2.10 bits per heavy atom. The lowest BCUT2D eigenvalue weighted by Gasteiger charge is -2.13. The Bertz CT molecular complexity index is 595. The standard InChI is InChI=1S/C15H19ClFN3/c1-3-13-9-14(20(2)19-13)8-12(18)6-10-4-5-11(17)7-15(10)16/h4-5,7,9,12H,3,6,8,18H2,1-2H3. The second-order valence-electron chi connectivity index (χ2n) is 5.01. The average molecular weight is 296 g/mol. The summed E-state index contributed by atoms with van der Waals surface area (Å²) in [6.07, 6.45) is 2.25. The molecule has 0 fully saturated rings. The van der Waals surface area contributed by atoms with Crippen molar-refractivity contribution in [3.8, 4) is 0 Å². The number of nitrogens with two attached hydrogens (primary N) is 1. The van der Waals surface area contributed by atoms with E-state index in [1.807, 2.05) is 11.7 Å². The molecule has 5 heteroatoms. The lowest BCUT2D eigenvalue weighted by atomic mass is 10.0. The topological polar surface area (TPSA) is 43.8 Å². The van der Waals surface area contributed by atoms with Crippen molar-refractivity contribution in [3.63, 3.8) is 0 Å². The summed E-state index contributed by atoms with van der Waals surface area (Å²) in [4.78, 5) is 0. The second-order valence-corrected chi connectivity index (χ2v) is 5.42. The molecule has 1 heterocycles. The number of hydrogen-bond acceptors (Lipinski definition) is 2. The Kier molecular flexibility index (Phi) is 4.78. The van der Waals surface area contributed by atoms with Gasteiger partial charge in [0.1, 0.15) is 5.82 Å². The quantitative estimate of drug-likeness (QED) is 0.922. The Balaban J connectivity index is 2.04. The van der Waals surface area contributed by atoms with Crippen LogP contribution in [0.25, 0.3) is 0 Å². The van der Waals surface area contributed by atoms with Crippen molar-refractivity contribution in [2.24, 2.45) is 12.8 Å². The van der Waals surface area contributed by atoms with Gasteiger partial charge in [0.15, 0.2) is 0 Å². The van der Waals surface area contributed by atoms with Crippen LogP contribution in [0.1, 0.15) is 23.9 Å². The fourth-order valence-corrected chi connectivity index (χ4v) is 2.49. The predicted octanol–water partition coefficient (Wildman–Crippen LogP) is 2.89. The molecule has 2 N–H and O–H groups in total. The van der Waals surface area contributed by atoms with Crippen molar-refractivity contribution in [2.75, 3.05) is 0 Å². The number of hydrogen-bond donors (Lipinski definition) is 1. The van der Waals surface area contributed by atoms with Crippen LogP contribution < -0.4 is 5.73 Å². The van der Waals surface area contributed by atoms with Crippen molar-refractivity contribution >= 4 is 11.6 Å². The molecule has 0 radical (unpaired) electrons. The zero-order valence-corrected chi connectivity index (χ0v) is 12.5. The van der Waals surface area contributed by atoms with Gasteiger partial charge in [0.05, 0.1) is 5.69 Å². The minimum Gasteiger partial charge on any atom is -0.327 e. The van der Waals surface area contributed by atoms with Gasteiger partial charge in [-0.15, -0.1) is 0 Å². The Morgan fingerprint density at radius 3 is 2.70 bits per heavy atom. The zero-order chi connectivity index (χ0) is 14.7. The molecule has 0 spiro atoms. The van der Waals surface area contributed by atoms with Crippen molar-refractivity contribution < 1.29 is 4.39 Å². The largest absolute Gasteiger partial charge is 0.327 e. The van der Waals surface area contributed by atoms with Gasteiger partial charge in [-0.1, -0.05) is 24.6 Å². The number of aryl methyl sites for hydroxylation is 2.